The topological polar surface area (TPSA) is 53.1 Å². The Hall–Kier alpha value is -1.39. The molecule has 0 aliphatic heterocycles. The van der Waals surface area contributed by atoms with Gasteiger partial charge in [-0.15, -0.1) is 0 Å². The molecular formula is C14H21N3O. The summed E-state index contributed by atoms with van der Waals surface area (Å²) in [6.07, 6.45) is 1.59. The van der Waals surface area contributed by atoms with E-state index in [4.69, 9.17) is 10.5 Å². The summed E-state index contributed by atoms with van der Waals surface area (Å²) in [5.74, 6) is 1.01. The number of nitrogens with zero attached hydrogens (tertiary/aromatic N) is 2. The number of rotatable bonds is 5. The van der Waals surface area contributed by atoms with Crippen molar-refractivity contribution >= 4 is 11.0 Å². The number of hydrogen-bond acceptors (Lipinski definition) is 3. The molecule has 0 aliphatic carbocycles. The molecule has 0 spiro atoms. The van der Waals surface area contributed by atoms with Gasteiger partial charge in [0.2, 0.25) is 0 Å². The van der Waals surface area contributed by atoms with Crippen LogP contribution in [-0.4, -0.2) is 28.8 Å². The minimum Gasteiger partial charge on any atom is -0.383 e. The molecule has 1 atom stereocenters. The van der Waals surface area contributed by atoms with Gasteiger partial charge in [0.25, 0.3) is 0 Å². The van der Waals surface area contributed by atoms with E-state index in [9.17, 15) is 0 Å². The third kappa shape index (κ3) is 2.40. The zero-order chi connectivity index (χ0) is 13.2. The maximum Gasteiger partial charge on any atom is 0.111 e. The Kier molecular flexibility index (Phi) is 3.68. The predicted octanol–water partition coefficient (Wildman–Crippen LogP) is 1.87. The van der Waals surface area contributed by atoms with E-state index in [0.29, 0.717) is 6.61 Å². The van der Waals surface area contributed by atoms with E-state index in [-0.39, 0.29) is 5.54 Å². The van der Waals surface area contributed by atoms with Crippen LogP contribution in [0.4, 0.5) is 0 Å². The average Bonchev–Trinajstić information content (AvgIpc) is 2.67. The van der Waals surface area contributed by atoms with Crippen molar-refractivity contribution in [2.45, 2.75) is 25.3 Å². The summed E-state index contributed by atoms with van der Waals surface area (Å²) < 4.78 is 7.34. The third-order valence-corrected chi connectivity index (χ3v) is 3.53. The molecule has 0 saturated heterocycles. The number of para-hydroxylation sites is 2. The van der Waals surface area contributed by atoms with E-state index in [2.05, 4.69) is 22.5 Å². The highest BCUT2D eigenvalue weighted by atomic mass is 16.5. The Bertz CT molecular complexity index is 535. The van der Waals surface area contributed by atoms with Gasteiger partial charge in [0.1, 0.15) is 5.82 Å². The van der Waals surface area contributed by atoms with Crippen molar-refractivity contribution in [2.24, 2.45) is 12.8 Å². The molecule has 1 unspecified atom stereocenters. The van der Waals surface area contributed by atoms with E-state index in [1.165, 1.54) is 0 Å². The Balaban J connectivity index is 2.34. The minimum absolute atomic E-state index is 0.343. The number of hydrogen-bond donors (Lipinski definition) is 1. The van der Waals surface area contributed by atoms with Crippen LogP contribution in [0.3, 0.4) is 0 Å². The van der Waals surface area contributed by atoms with Crippen LogP contribution in [0.15, 0.2) is 24.3 Å². The summed E-state index contributed by atoms with van der Waals surface area (Å²) in [4.78, 5) is 4.65. The molecule has 1 heterocycles. The smallest absolute Gasteiger partial charge is 0.111 e. The molecule has 1 aromatic carbocycles. The fourth-order valence-corrected chi connectivity index (χ4v) is 2.23. The van der Waals surface area contributed by atoms with Crippen LogP contribution in [0.1, 0.15) is 19.2 Å². The van der Waals surface area contributed by atoms with Gasteiger partial charge in [0, 0.05) is 26.1 Å². The highest BCUT2D eigenvalue weighted by Crippen LogP contribution is 2.19. The number of benzene rings is 1. The molecule has 2 aromatic rings. The first-order valence-corrected chi connectivity index (χ1v) is 6.28. The lowest BCUT2D eigenvalue weighted by Crippen LogP contribution is -2.46. The van der Waals surface area contributed by atoms with Gasteiger partial charge >= 0.3 is 0 Å². The Morgan fingerprint density at radius 1 is 1.39 bits per heavy atom. The van der Waals surface area contributed by atoms with Crippen LogP contribution >= 0.6 is 0 Å². The monoisotopic (exact) mass is 247 g/mol. The molecule has 0 fully saturated rings. The van der Waals surface area contributed by atoms with Gasteiger partial charge in [-0.2, -0.15) is 0 Å². The van der Waals surface area contributed by atoms with Crippen LogP contribution in [0, 0.1) is 0 Å². The number of ether oxygens (including phenoxy) is 1. The molecule has 0 radical (unpaired) electrons. The molecular weight excluding hydrogens is 226 g/mol. The second kappa shape index (κ2) is 5.08. The van der Waals surface area contributed by atoms with Crippen molar-refractivity contribution < 1.29 is 4.74 Å². The fraction of sp³-hybridized carbons (Fsp3) is 0.500. The molecule has 4 nitrogen and oxygen atoms in total. The van der Waals surface area contributed by atoms with Gasteiger partial charge in [0.15, 0.2) is 0 Å². The maximum atomic E-state index is 6.35. The van der Waals surface area contributed by atoms with Crippen LogP contribution < -0.4 is 5.73 Å². The highest BCUT2D eigenvalue weighted by Gasteiger charge is 2.25. The van der Waals surface area contributed by atoms with E-state index >= 15 is 0 Å². The predicted molar refractivity (Wildman–Crippen MR) is 73.5 cm³/mol. The summed E-state index contributed by atoms with van der Waals surface area (Å²) >= 11 is 0. The van der Waals surface area contributed by atoms with Gasteiger partial charge in [-0.3, -0.25) is 0 Å². The van der Waals surface area contributed by atoms with Gasteiger partial charge < -0.3 is 15.0 Å². The van der Waals surface area contributed by atoms with Crippen molar-refractivity contribution in [2.75, 3.05) is 13.7 Å². The molecule has 0 amide bonds. The third-order valence-electron chi connectivity index (χ3n) is 3.53. The van der Waals surface area contributed by atoms with E-state index in [1.54, 1.807) is 7.11 Å². The number of methoxy groups -OCH3 is 1. The Morgan fingerprint density at radius 2 is 2.11 bits per heavy atom. The van der Waals surface area contributed by atoms with Crippen molar-refractivity contribution in [3.63, 3.8) is 0 Å². The van der Waals surface area contributed by atoms with E-state index in [0.717, 1.165) is 29.7 Å². The highest BCUT2D eigenvalue weighted by molar-refractivity contribution is 5.75. The quantitative estimate of drug-likeness (QED) is 0.877. The lowest BCUT2D eigenvalue weighted by atomic mass is 9.94. The molecule has 1 aromatic heterocycles. The first-order chi connectivity index (χ1) is 8.59. The standard InChI is InChI=1S/C14H21N3O/c1-4-14(15,10-18-3)9-13-16-11-7-5-6-8-12(11)17(13)2/h5-8H,4,9-10,15H2,1-3H3. The second-order valence-electron chi connectivity index (χ2n) is 4.90. The lowest BCUT2D eigenvalue weighted by molar-refractivity contribution is 0.128. The van der Waals surface area contributed by atoms with Crippen molar-refractivity contribution in [3.05, 3.63) is 30.1 Å². The van der Waals surface area contributed by atoms with Crippen molar-refractivity contribution in [1.82, 2.24) is 9.55 Å². The zero-order valence-corrected chi connectivity index (χ0v) is 11.3. The minimum atomic E-state index is -0.343. The summed E-state index contributed by atoms with van der Waals surface area (Å²) in [6.45, 7) is 2.63. The molecule has 0 saturated carbocycles. The van der Waals surface area contributed by atoms with Crippen LogP contribution in [-0.2, 0) is 18.2 Å². The second-order valence-corrected chi connectivity index (χ2v) is 4.90. The molecule has 18 heavy (non-hydrogen) atoms. The molecule has 98 valence electrons. The van der Waals surface area contributed by atoms with Crippen LogP contribution in [0.2, 0.25) is 0 Å². The largest absolute Gasteiger partial charge is 0.383 e. The normalized spacial score (nSPS) is 14.9. The molecule has 4 heteroatoms. The van der Waals surface area contributed by atoms with Crippen molar-refractivity contribution in [3.8, 4) is 0 Å². The Labute approximate surface area is 108 Å². The maximum absolute atomic E-state index is 6.35. The number of aromatic nitrogens is 2. The Morgan fingerprint density at radius 3 is 2.72 bits per heavy atom. The van der Waals surface area contributed by atoms with Gasteiger partial charge in [-0.25, -0.2) is 4.98 Å². The van der Waals surface area contributed by atoms with Crippen LogP contribution in [0.5, 0.6) is 0 Å². The summed E-state index contributed by atoms with van der Waals surface area (Å²) in [5.41, 5.74) is 8.17. The molecule has 2 rings (SSSR count). The van der Waals surface area contributed by atoms with E-state index in [1.807, 2.05) is 25.2 Å². The SMILES string of the molecule is CCC(N)(COC)Cc1nc2ccccc2n1C. The number of imidazole rings is 1. The van der Waals surface area contributed by atoms with Crippen LogP contribution in [0.25, 0.3) is 11.0 Å². The molecule has 2 N–H and O–H groups in total. The molecule has 0 aliphatic rings. The number of nitrogens with two attached hydrogens (primary N) is 1. The molecule has 0 bridgehead atoms. The van der Waals surface area contributed by atoms with Gasteiger partial charge in [0.05, 0.1) is 17.6 Å². The summed E-state index contributed by atoms with van der Waals surface area (Å²) in [6, 6.07) is 8.13. The average molecular weight is 247 g/mol. The van der Waals surface area contributed by atoms with E-state index < -0.39 is 0 Å². The fourth-order valence-electron chi connectivity index (χ4n) is 2.23. The number of fused-ring (bicyclic) bond motifs is 1. The zero-order valence-electron chi connectivity index (χ0n) is 11.3. The van der Waals surface area contributed by atoms with Gasteiger partial charge in [-0.05, 0) is 18.6 Å². The first-order valence-electron chi connectivity index (χ1n) is 6.28. The lowest BCUT2D eigenvalue weighted by Gasteiger charge is -2.26. The number of aryl methyl sites for hydroxylation is 1. The van der Waals surface area contributed by atoms with Gasteiger partial charge in [-0.1, -0.05) is 19.1 Å². The van der Waals surface area contributed by atoms with Crippen molar-refractivity contribution in [1.29, 1.82) is 0 Å². The first kappa shape index (κ1) is 13.1. The summed E-state index contributed by atoms with van der Waals surface area (Å²) in [7, 11) is 3.72. The summed E-state index contributed by atoms with van der Waals surface area (Å²) in [5, 5.41) is 0.